The van der Waals surface area contributed by atoms with Crippen LogP contribution < -0.4 is 0 Å². The van der Waals surface area contributed by atoms with Crippen LogP contribution >= 0.6 is 0 Å². The van der Waals surface area contributed by atoms with Crippen LogP contribution in [0.2, 0.25) is 0 Å². The van der Waals surface area contributed by atoms with Crippen LogP contribution in [-0.2, 0) is 9.47 Å². The molecule has 0 aliphatic heterocycles. The first-order valence-electron chi connectivity index (χ1n) is 3.18. The first-order chi connectivity index (χ1) is 4.41. The Morgan fingerprint density at radius 1 is 1.10 bits per heavy atom. The molecule has 3 nitrogen and oxygen atoms in total. The molecule has 0 bridgehead atoms. The van der Waals surface area contributed by atoms with E-state index < -0.39 is 0 Å². The molecule has 10 heavy (non-hydrogen) atoms. The van der Waals surface area contributed by atoms with Crippen molar-refractivity contribution in [2.75, 3.05) is 33.0 Å². The summed E-state index contributed by atoms with van der Waals surface area (Å²) in [7, 11) is 0. The fraction of sp³-hybridized carbons (Fsp3) is 1.00. The summed E-state index contributed by atoms with van der Waals surface area (Å²) in [5.74, 6) is 0. The van der Waals surface area contributed by atoms with Gasteiger partial charge in [-0.2, -0.15) is 0 Å². The molecule has 0 aromatic heterocycles. The number of aliphatic hydroxyl groups excluding tert-OH is 1. The Morgan fingerprint density at radius 3 is 2.20 bits per heavy atom. The summed E-state index contributed by atoms with van der Waals surface area (Å²) in [5, 5.41) is 8.26. The van der Waals surface area contributed by atoms with Gasteiger partial charge in [-0.05, 0) is 6.92 Å². The minimum atomic E-state index is 0. The first-order valence-corrected chi connectivity index (χ1v) is 3.18. The average Bonchev–Trinajstić information content (AvgIpc) is 1.89. The number of aliphatic hydroxyl groups is 1. The standard InChI is InChI=1S/C6H14O3.K/c1-2-8-5-6-9-4-3-7;/h7H,2-6H2,1H3;. The van der Waals surface area contributed by atoms with Gasteiger partial charge >= 0.3 is 0 Å². The molecule has 0 aliphatic rings. The van der Waals surface area contributed by atoms with E-state index in [0.717, 1.165) is 6.61 Å². The van der Waals surface area contributed by atoms with Gasteiger partial charge < -0.3 is 14.6 Å². The first kappa shape index (κ1) is 14.1. The number of hydrogen-bond donors (Lipinski definition) is 1. The van der Waals surface area contributed by atoms with Crippen molar-refractivity contribution in [3.8, 4) is 0 Å². The van der Waals surface area contributed by atoms with Gasteiger partial charge in [-0.1, -0.05) is 0 Å². The third-order valence-corrected chi connectivity index (χ3v) is 0.812. The van der Waals surface area contributed by atoms with Crippen LogP contribution in [0.25, 0.3) is 0 Å². The maximum absolute atomic E-state index is 8.26. The second kappa shape index (κ2) is 13.1. The Balaban J connectivity index is 0. The second-order valence-electron chi connectivity index (χ2n) is 1.53. The van der Waals surface area contributed by atoms with E-state index in [2.05, 4.69) is 0 Å². The Labute approximate surface area is 105 Å². The summed E-state index contributed by atoms with van der Waals surface area (Å²) in [6.07, 6.45) is 0. The molecule has 57 valence electrons. The Morgan fingerprint density at radius 2 is 1.70 bits per heavy atom. The summed E-state index contributed by atoms with van der Waals surface area (Å²) < 4.78 is 9.88. The minimum absolute atomic E-state index is 0. The number of ether oxygens (including phenoxy) is 2. The van der Waals surface area contributed by atoms with Crippen molar-refractivity contribution in [3.05, 3.63) is 0 Å². The molecule has 0 aromatic carbocycles. The maximum atomic E-state index is 8.26. The number of hydrogen-bond acceptors (Lipinski definition) is 3. The van der Waals surface area contributed by atoms with Crippen LogP contribution in [0.3, 0.4) is 0 Å². The van der Waals surface area contributed by atoms with E-state index >= 15 is 0 Å². The Bertz CT molecular complexity index is 46.3. The van der Waals surface area contributed by atoms with E-state index in [1.165, 1.54) is 0 Å². The quantitative estimate of drug-likeness (QED) is 0.441. The molecule has 0 unspecified atom stereocenters. The van der Waals surface area contributed by atoms with E-state index in [4.69, 9.17) is 14.6 Å². The molecule has 4 heteroatoms. The van der Waals surface area contributed by atoms with Gasteiger partial charge in [-0.25, -0.2) is 0 Å². The molecule has 1 N–H and O–H groups in total. The van der Waals surface area contributed by atoms with Gasteiger partial charge in [-0.15, -0.1) is 0 Å². The predicted molar refractivity (Wildman–Crippen MR) is 40.2 cm³/mol. The predicted octanol–water partition coefficient (Wildman–Crippen LogP) is -0.349. The summed E-state index contributed by atoms with van der Waals surface area (Å²) in [6, 6.07) is 0. The fourth-order valence-corrected chi connectivity index (χ4v) is 0.429. The molecule has 0 aliphatic carbocycles. The molecule has 0 saturated carbocycles. The summed E-state index contributed by atoms with van der Waals surface area (Å²) in [4.78, 5) is 0. The van der Waals surface area contributed by atoms with Gasteiger partial charge in [0.05, 0.1) is 26.4 Å². The van der Waals surface area contributed by atoms with E-state index in [1.54, 1.807) is 0 Å². The van der Waals surface area contributed by atoms with Gasteiger partial charge in [0, 0.05) is 58.0 Å². The van der Waals surface area contributed by atoms with Crippen molar-refractivity contribution in [1.82, 2.24) is 0 Å². The van der Waals surface area contributed by atoms with Crippen LogP contribution in [0.4, 0.5) is 0 Å². The second-order valence-corrected chi connectivity index (χ2v) is 1.53. The number of rotatable bonds is 6. The van der Waals surface area contributed by atoms with E-state index in [-0.39, 0.29) is 58.0 Å². The van der Waals surface area contributed by atoms with Crippen LogP contribution in [0.1, 0.15) is 6.92 Å². The summed E-state index contributed by atoms with van der Waals surface area (Å²) in [5.41, 5.74) is 0. The van der Waals surface area contributed by atoms with Crippen molar-refractivity contribution in [3.63, 3.8) is 0 Å². The Hall–Kier alpha value is 1.52. The van der Waals surface area contributed by atoms with Crippen LogP contribution in [0.5, 0.6) is 0 Å². The zero-order chi connectivity index (χ0) is 6.95. The molecule has 0 amide bonds. The maximum Gasteiger partial charge on any atom is 0.0701 e. The summed E-state index contributed by atoms with van der Waals surface area (Å²) in [6.45, 7) is 4.36. The smallest absolute Gasteiger partial charge is 0.0701 e. The monoisotopic (exact) mass is 173 g/mol. The molecular formula is C6H14KO3. The SMILES string of the molecule is CCOCCOCCO.[K]. The molecular weight excluding hydrogens is 159 g/mol. The topological polar surface area (TPSA) is 38.7 Å². The molecule has 0 fully saturated rings. The van der Waals surface area contributed by atoms with Crippen molar-refractivity contribution in [1.29, 1.82) is 0 Å². The molecule has 0 atom stereocenters. The molecule has 0 heterocycles. The van der Waals surface area contributed by atoms with Crippen LogP contribution in [-0.4, -0.2) is 89.5 Å². The Kier molecular flexibility index (Phi) is 18.5. The largest absolute Gasteiger partial charge is 0.394 e. The van der Waals surface area contributed by atoms with Crippen molar-refractivity contribution < 1.29 is 14.6 Å². The molecule has 1 radical (unpaired) electrons. The van der Waals surface area contributed by atoms with Gasteiger partial charge in [0.25, 0.3) is 0 Å². The molecule has 0 saturated heterocycles. The fourth-order valence-electron chi connectivity index (χ4n) is 0.429. The van der Waals surface area contributed by atoms with E-state index in [0.29, 0.717) is 19.8 Å². The van der Waals surface area contributed by atoms with Gasteiger partial charge in [0.2, 0.25) is 0 Å². The van der Waals surface area contributed by atoms with E-state index in [9.17, 15) is 0 Å². The zero-order valence-corrected chi connectivity index (χ0v) is 9.92. The summed E-state index contributed by atoms with van der Waals surface area (Å²) >= 11 is 0. The van der Waals surface area contributed by atoms with Gasteiger partial charge in [0.1, 0.15) is 0 Å². The van der Waals surface area contributed by atoms with Crippen molar-refractivity contribution in [2.24, 2.45) is 0 Å². The molecule has 0 rings (SSSR count). The van der Waals surface area contributed by atoms with E-state index in [1.807, 2.05) is 6.92 Å². The van der Waals surface area contributed by atoms with Crippen LogP contribution in [0.15, 0.2) is 0 Å². The molecule has 0 spiro atoms. The zero-order valence-electron chi connectivity index (χ0n) is 6.80. The van der Waals surface area contributed by atoms with Crippen molar-refractivity contribution >= 4 is 51.4 Å². The normalized spacial score (nSPS) is 9.00. The minimum Gasteiger partial charge on any atom is -0.394 e. The average molecular weight is 173 g/mol. The molecule has 0 aromatic rings. The van der Waals surface area contributed by atoms with Gasteiger partial charge in [-0.3, -0.25) is 0 Å². The van der Waals surface area contributed by atoms with Crippen molar-refractivity contribution in [2.45, 2.75) is 6.92 Å². The third kappa shape index (κ3) is 12.2. The van der Waals surface area contributed by atoms with Crippen LogP contribution in [0, 0.1) is 0 Å². The van der Waals surface area contributed by atoms with Gasteiger partial charge in [0.15, 0.2) is 0 Å². The third-order valence-electron chi connectivity index (χ3n) is 0.812.